The van der Waals surface area contributed by atoms with Crippen LogP contribution in [0.3, 0.4) is 0 Å². The summed E-state index contributed by atoms with van der Waals surface area (Å²) in [6.45, 7) is 0. The van der Waals surface area contributed by atoms with Crippen molar-refractivity contribution in [2.24, 2.45) is 0 Å². The maximum absolute atomic E-state index is 9.79. The fraction of sp³-hybridized carbons (Fsp3) is 0.538. The van der Waals surface area contributed by atoms with Gasteiger partial charge >= 0.3 is 0 Å². The van der Waals surface area contributed by atoms with Gasteiger partial charge in [0.05, 0.1) is 6.10 Å². The Hall–Kier alpha value is -0.820. The van der Waals surface area contributed by atoms with Gasteiger partial charge in [0.25, 0.3) is 0 Å². The van der Waals surface area contributed by atoms with Crippen LogP contribution in [0.5, 0.6) is 0 Å². The first-order valence-corrected chi connectivity index (χ1v) is 5.61. The molecule has 1 aromatic carbocycles. The van der Waals surface area contributed by atoms with E-state index < -0.39 is 0 Å². The molecule has 0 spiro atoms. The molecule has 0 amide bonds. The van der Waals surface area contributed by atoms with Gasteiger partial charge in [0.2, 0.25) is 0 Å². The minimum Gasteiger partial charge on any atom is -0.393 e. The summed E-state index contributed by atoms with van der Waals surface area (Å²) in [5, 5.41) is 9.79. The molecule has 14 heavy (non-hydrogen) atoms. The highest BCUT2D eigenvalue weighted by Gasteiger charge is 2.11. The number of aryl methyl sites for hydroxylation is 1. The zero-order valence-electron chi connectivity index (χ0n) is 8.58. The van der Waals surface area contributed by atoms with Crippen LogP contribution in [-0.2, 0) is 12.8 Å². The lowest BCUT2D eigenvalue weighted by Gasteiger charge is -2.11. The average molecular weight is 190 g/mol. The lowest BCUT2D eigenvalue weighted by Crippen LogP contribution is -2.10. The standard InChI is InChI=1S/C13H18O/c14-13-9-3-1-2-6-11-7-4-5-8-12(11)10-13/h4-5,7-8,13-14H,1-3,6,9-10H2/t13-/m1/s1. The van der Waals surface area contributed by atoms with E-state index in [1.807, 2.05) is 0 Å². The summed E-state index contributed by atoms with van der Waals surface area (Å²) in [5.74, 6) is 0. The van der Waals surface area contributed by atoms with Crippen molar-refractivity contribution in [3.8, 4) is 0 Å². The van der Waals surface area contributed by atoms with Gasteiger partial charge in [-0.3, -0.25) is 0 Å². The predicted octanol–water partition coefficient (Wildman–Crippen LogP) is 2.71. The third kappa shape index (κ3) is 2.36. The second-order valence-electron chi connectivity index (χ2n) is 4.23. The summed E-state index contributed by atoms with van der Waals surface area (Å²) >= 11 is 0. The maximum Gasteiger partial charge on any atom is 0.0580 e. The number of aliphatic hydroxyl groups excluding tert-OH is 1. The Morgan fingerprint density at radius 1 is 1.00 bits per heavy atom. The topological polar surface area (TPSA) is 20.2 Å². The van der Waals surface area contributed by atoms with E-state index in [1.54, 1.807) is 0 Å². The SMILES string of the molecule is O[C@@H]1CCCCCc2ccccc2C1. The van der Waals surface area contributed by atoms with Crippen molar-refractivity contribution in [1.29, 1.82) is 0 Å². The molecular formula is C13H18O. The first kappa shape index (κ1) is 9.72. The summed E-state index contributed by atoms with van der Waals surface area (Å²) in [5.41, 5.74) is 2.79. The van der Waals surface area contributed by atoms with Crippen molar-refractivity contribution < 1.29 is 5.11 Å². The minimum absolute atomic E-state index is 0.130. The molecule has 1 atom stereocenters. The van der Waals surface area contributed by atoms with E-state index in [4.69, 9.17) is 0 Å². The van der Waals surface area contributed by atoms with Crippen LogP contribution in [0.2, 0.25) is 0 Å². The summed E-state index contributed by atoms with van der Waals surface area (Å²) in [6, 6.07) is 8.53. The highest BCUT2D eigenvalue weighted by atomic mass is 16.3. The summed E-state index contributed by atoms with van der Waals surface area (Å²) in [6.07, 6.45) is 6.56. The molecule has 1 N–H and O–H groups in total. The molecule has 0 aliphatic heterocycles. The van der Waals surface area contributed by atoms with E-state index in [9.17, 15) is 5.11 Å². The molecule has 1 nitrogen and oxygen atoms in total. The third-order valence-corrected chi connectivity index (χ3v) is 3.06. The summed E-state index contributed by atoms with van der Waals surface area (Å²) in [7, 11) is 0. The van der Waals surface area contributed by atoms with Gasteiger partial charge in [-0.1, -0.05) is 37.1 Å². The monoisotopic (exact) mass is 190 g/mol. The van der Waals surface area contributed by atoms with Gasteiger partial charge < -0.3 is 5.11 Å². The van der Waals surface area contributed by atoms with Gasteiger partial charge in [0.1, 0.15) is 0 Å². The molecule has 0 unspecified atom stereocenters. The molecular weight excluding hydrogens is 172 g/mol. The molecule has 1 aliphatic carbocycles. The van der Waals surface area contributed by atoms with Gasteiger partial charge in [-0.15, -0.1) is 0 Å². The van der Waals surface area contributed by atoms with Crippen molar-refractivity contribution in [1.82, 2.24) is 0 Å². The van der Waals surface area contributed by atoms with E-state index in [0.717, 1.165) is 12.8 Å². The van der Waals surface area contributed by atoms with E-state index in [2.05, 4.69) is 24.3 Å². The van der Waals surface area contributed by atoms with E-state index >= 15 is 0 Å². The summed E-state index contributed by atoms with van der Waals surface area (Å²) < 4.78 is 0. The van der Waals surface area contributed by atoms with E-state index in [-0.39, 0.29) is 6.10 Å². The Labute approximate surface area is 85.8 Å². The molecule has 0 radical (unpaired) electrons. The van der Waals surface area contributed by atoms with E-state index in [1.165, 1.54) is 36.8 Å². The van der Waals surface area contributed by atoms with Gasteiger partial charge in [-0.25, -0.2) is 0 Å². The van der Waals surface area contributed by atoms with Crippen molar-refractivity contribution in [3.63, 3.8) is 0 Å². The molecule has 0 saturated carbocycles. The second-order valence-corrected chi connectivity index (χ2v) is 4.23. The van der Waals surface area contributed by atoms with Crippen LogP contribution >= 0.6 is 0 Å². The molecule has 1 aromatic rings. The Balaban J connectivity index is 2.21. The maximum atomic E-state index is 9.79. The summed E-state index contributed by atoms with van der Waals surface area (Å²) in [4.78, 5) is 0. The van der Waals surface area contributed by atoms with Crippen LogP contribution in [0.4, 0.5) is 0 Å². The van der Waals surface area contributed by atoms with Gasteiger partial charge in [0.15, 0.2) is 0 Å². The molecule has 0 bridgehead atoms. The molecule has 1 aliphatic rings. The van der Waals surface area contributed by atoms with Crippen molar-refractivity contribution >= 4 is 0 Å². The van der Waals surface area contributed by atoms with Crippen molar-refractivity contribution in [2.45, 2.75) is 44.6 Å². The number of hydrogen-bond acceptors (Lipinski definition) is 1. The van der Waals surface area contributed by atoms with Crippen LogP contribution in [-0.4, -0.2) is 11.2 Å². The minimum atomic E-state index is -0.130. The van der Waals surface area contributed by atoms with Crippen LogP contribution in [0.1, 0.15) is 36.8 Å². The molecule has 76 valence electrons. The van der Waals surface area contributed by atoms with Crippen LogP contribution in [0, 0.1) is 0 Å². The zero-order chi connectivity index (χ0) is 9.80. The largest absolute Gasteiger partial charge is 0.393 e. The molecule has 2 rings (SSSR count). The highest BCUT2D eigenvalue weighted by molar-refractivity contribution is 5.28. The van der Waals surface area contributed by atoms with E-state index in [0.29, 0.717) is 0 Å². The van der Waals surface area contributed by atoms with Crippen LogP contribution in [0.25, 0.3) is 0 Å². The van der Waals surface area contributed by atoms with Crippen molar-refractivity contribution in [2.75, 3.05) is 0 Å². The van der Waals surface area contributed by atoms with Crippen LogP contribution < -0.4 is 0 Å². The smallest absolute Gasteiger partial charge is 0.0580 e. The fourth-order valence-corrected chi connectivity index (χ4v) is 2.23. The lowest BCUT2D eigenvalue weighted by atomic mass is 9.99. The number of fused-ring (bicyclic) bond motifs is 1. The molecule has 1 heteroatoms. The molecule has 0 fully saturated rings. The first-order chi connectivity index (χ1) is 6.86. The molecule has 0 aromatic heterocycles. The molecule has 0 saturated heterocycles. The fourth-order valence-electron chi connectivity index (χ4n) is 2.23. The zero-order valence-corrected chi connectivity index (χ0v) is 8.58. The Morgan fingerprint density at radius 3 is 2.64 bits per heavy atom. The Morgan fingerprint density at radius 2 is 1.79 bits per heavy atom. The molecule has 0 heterocycles. The van der Waals surface area contributed by atoms with Gasteiger partial charge in [0, 0.05) is 0 Å². The second kappa shape index (κ2) is 4.61. The number of aliphatic hydroxyl groups is 1. The quantitative estimate of drug-likeness (QED) is 0.667. The lowest BCUT2D eigenvalue weighted by molar-refractivity contribution is 0.162. The number of hydrogen-bond donors (Lipinski definition) is 1. The van der Waals surface area contributed by atoms with Crippen molar-refractivity contribution in [3.05, 3.63) is 35.4 Å². The first-order valence-electron chi connectivity index (χ1n) is 5.61. The number of rotatable bonds is 0. The normalized spacial score (nSPS) is 23.1. The highest BCUT2D eigenvalue weighted by Crippen LogP contribution is 2.19. The Bertz CT molecular complexity index is 293. The predicted molar refractivity (Wildman–Crippen MR) is 58.3 cm³/mol. The third-order valence-electron chi connectivity index (χ3n) is 3.06. The average Bonchev–Trinajstić information content (AvgIpc) is 2.27. The van der Waals surface area contributed by atoms with Crippen LogP contribution in [0.15, 0.2) is 24.3 Å². The van der Waals surface area contributed by atoms with Gasteiger partial charge in [-0.05, 0) is 36.8 Å². The Kier molecular flexibility index (Phi) is 3.20. The number of benzene rings is 1. The van der Waals surface area contributed by atoms with Gasteiger partial charge in [-0.2, -0.15) is 0 Å².